The highest BCUT2D eigenvalue weighted by atomic mass is 35.5. The molecule has 1 aromatic carbocycles. The first-order chi connectivity index (χ1) is 7.58. The number of benzene rings is 1. The molecule has 0 bridgehead atoms. The molecular weight excluding hydrogens is 228 g/mol. The molecule has 0 amide bonds. The lowest BCUT2D eigenvalue weighted by Crippen LogP contribution is -2.16. The summed E-state index contributed by atoms with van der Waals surface area (Å²) in [6, 6.07) is 6.39. The fourth-order valence-corrected chi connectivity index (χ4v) is 1.29. The van der Waals surface area contributed by atoms with Crippen LogP contribution >= 0.6 is 11.6 Å². The van der Waals surface area contributed by atoms with E-state index in [1.54, 1.807) is 13.0 Å². The molecule has 0 radical (unpaired) electrons. The number of ether oxygens (including phenoxy) is 1. The fourth-order valence-electron chi connectivity index (χ4n) is 1.09. The minimum absolute atomic E-state index is 0.176. The van der Waals surface area contributed by atoms with E-state index in [-0.39, 0.29) is 10.6 Å². The minimum Gasteiger partial charge on any atom is -0.443 e. The molecule has 0 saturated heterocycles. The van der Waals surface area contributed by atoms with Gasteiger partial charge >= 0.3 is 5.97 Å². The van der Waals surface area contributed by atoms with Crippen molar-refractivity contribution in [1.82, 2.24) is 0 Å². The van der Waals surface area contributed by atoms with Crippen LogP contribution in [-0.2, 0) is 4.74 Å². The number of carbonyl (C=O) groups excluding carboxylic acids is 1. The van der Waals surface area contributed by atoms with Crippen molar-refractivity contribution in [2.24, 2.45) is 0 Å². The Morgan fingerprint density at radius 3 is 2.94 bits per heavy atom. The predicted octanol–water partition coefficient (Wildman–Crippen LogP) is 2.38. The van der Waals surface area contributed by atoms with Gasteiger partial charge in [0.25, 0.3) is 0 Å². The first kappa shape index (κ1) is 12.3. The van der Waals surface area contributed by atoms with Gasteiger partial charge in [0, 0.05) is 5.69 Å². The largest absolute Gasteiger partial charge is 0.443 e. The molecule has 5 heteroatoms. The molecule has 0 aliphatic carbocycles. The summed E-state index contributed by atoms with van der Waals surface area (Å²) < 4.78 is 4.93. The van der Waals surface area contributed by atoms with Crippen molar-refractivity contribution in [3.05, 3.63) is 28.8 Å². The molecule has 0 aliphatic rings. The number of halogens is 1. The van der Waals surface area contributed by atoms with E-state index in [4.69, 9.17) is 27.3 Å². The van der Waals surface area contributed by atoms with Crippen LogP contribution in [0.3, 0.4) is 0 Å². The summed E-state index contributed by atoms with van der Waals surface area (Å²) in [5.41, 5.74) is 6.12. The average molecular weight is 239 g/mol. The Morgan fingerprint density at radius 1 is 1.69 bits per heavy atom. The summed E-state index contributed by atoms with van der Waals surface area (Å²) in [5, 5.41) is 8.92. The molecule has 1 rings (SSSR count). The Kier molecular flexibility index (Phi) is 4.15. The van der Waals surface area contributed by atoms with Crippen LogP contribution in [0.1, 0.15) is 23.7 Å². The number of esters is 1. The molecule has 0 spiro atoms. The predicted molar refractivity (Wildman–Crippen MR) is 61.0 cm³/mol. The molecule has 0 aliphatic heterocycles. The van der Waals surface area contributed by atoms with Crippen molar-refractivity contribution < 1.29 is 9.53 Å². The summed E-state index contributed by atoms with van der Waals surface area (Å²) in [7, 11) is 0. The number of nitriles is 1. The average Bonchev–Trinajstić information content (AvgIpc) is 2.28. The van der Waals surface area contributed by atoms with Gasteiger partial charge in [-0.05, 0) is 24.6 Å². The lowest BCUT2D eigenvalue weighted by Gasteiger charge is -2.09. The molecule has 2 N–H and O–H groups in total. The molecule has 1 aromatic rings. The molecule has 1 unspecified atom stereocenters. The van der Waals surface area contributed by atoms with Crippen LogP contribution in [0, 0.1) is 11.3 Å². The first-order valence-electron chi connectivity index (χ1n) is 4.74. The van der Waals surface area contributed by atoms with E-state index < -0.39 is 12.1 Å². The summed E-state index contributed by atoms with van der Waals surface area (Å²) >= 11 is 5.82. The minimum atomic E-state index is -0.759. The van der Waals surface area contributed by atoms with Crippen molar-refractivity contribution in [3.63, 3.8) is 0 Å². The fraction of sp³-hybridized carbons (Fsp3) is 0.273. The Balaban J connectivity index is 2.89. The number of hydrogen-bond donors (Lipinski definition) is 1. The molecule has 4 nitrogen and oxygen atoms in total. The number of rotatable bonds is 3. The molecule has 0 aromatic heterocycles. The molecular formula is C11H11ClN2O2. The van der Waals surface area contributed by atoms with E-state index in [1.807, 2.05) is 6.07 Å². The van der Waals surface area contributed by atoms with Crippen LogP contribution < -0.4 is 5.73 Å². The maximum Gasteiger partial charge on any atom is 0.341 e. The van der Waals surface area contributed by atoms with E-state index in [0.717, 1.165) is 0 Å². The Bertz CT molecular complexity index is 440. The SMILES string of the molecule is CCC(C#N)OC(=O)c1cc(N)ccc1Cl. The van der Waals surface area contributed by atoms with E-state index in [2.05, 4.69) is 0 Å². The number of carbonyl (C=O) groups is 1. The summed E-state index contributed by atoms with van der Waals surface area (Å²) in [6.45, 7) is 1.75. The topological polar surface area (TPSA) is 76.1 Å². The van der Waals surface area contributed by atoms with Gasteiger partial charge in [0.2, 0.25) is 0 Å². The first-order valence-corrected chi connectivity index (χ1v) is 5.12. The smallest absolute Gasteiger partial charge is 0.341 e. The molecule has 16 heavy (non-hydrogen) atoms. The van der Waals surface area contributed by atoms with Crippen LogP contribution in [0.2, 0.25) is 5.02 Å². The monoisotopic (exact) mass is 238 g/mol. The Hall–Kier alpha value is -1.73. The third-order valence-corrected chi connectivity index (χ3v) is 2.30. The summed E-state index contributed by atoms with van der Waals surface area (Å²) in [6.07, 6.45) is -0.327. The highest BCUT2D eigenvalue weighted by molar-refractivity contribution is 6.33. The second-order valence-electron chi connectivity index (χ2n) is 3.17. The number of anilines is 1. The van der Waals surface area contributed by atoms with Crippen molar-refractivity contribution in [1.29, 1.82) is 5.26 Å². The molecule has 0 fully saturated rings. The molecule has 0 heterocycles. The van der Waals surface area contributed by atoms with E-state index in [1.165, 1.54) is 12.1 Å². The van der Waals surface area contributed by atoms with Crippen LogP contribution in [0.25, 0.3) is 0 Å². The number of nitrogens with zero attached hydrogens (tertiary/aromatic N) is 1. The Morgan fingerprint density at radius 2 is 2.38 bits per heavy atom. The third kappa shape index (κ3) is 2.88. The number of nitrogens with two attached hydrogens (primary N) is 1. The highest BCUT2D eigenvalue weighted by Crippen LogP contribution is 2.20. The summed E-state index contributed by atoms with van der Waals surface area (Å²) in [5.74, 6) is -0.634. The standard InChI is InChI=1S/C11H11ClN2O2/c1-2-8(6-13)16-11(15)9-5-7(14)3-4-10(9)12/h3-5,8H,2,14H2,1H3. The maximum atomic E-state index is 11.6. The second-order valence-corrected chi connectivity index (χ2v) is 3.58. The van der Waals surface area contributed by atoms with E-state index >= 15 is 0 Å². The van der Waals surface area contributed by atoms with Crippen molar-refractivity contribution in [2.45, 2.75) is 19.4 Å². The normalized spacial score (nSPS) is 11.6. The van der Waals surface area contributed by atoms with Crippen molar-refractivity contribution in [3.8, 4) is 6.07 Å². The van der Waals surface area contributed by atoms with Crippen molar-refractivity contribution >= 4 is 23.3 Å². The molecule has 84 valence electrons. The number of nitrogen functional groups attached to an aromatic ring is 1. The zero-order valence-corrected chi connectivity index (χ0v) is 9.49. The van der Waals surface area contributed by atoms with Gasteiger partial charge in [-0.2, -0.15) is 5.26 Å². The van der Waals surface area contributed by atoms with Gasteiger partial charge < -0.3 is 10.5 Å². The van der Waals surface area contributed by atoms with Gasteiger partial charge in [-0.15, -0.1) is 0 Å². The lowest BCUT2D eigenvalue weighted by atomic mass is 10.2. The lowest BCUT2D eigenvalue weighted by molar-refractivity contribution is 0.0401. The molecule has 0 saturated carbocycles. The van der Waals surface area contributed by atoms with Crippen LogP contribution in [0.4, 0.5) is 5.69 Å². The van der Waals surface area contributed by atoms with Crippen LogP contribution in [0.15, 0.2) is 18.2 Å². The van der Waals surface area contributed by atoms with Gasteiger partial charge in [0.1, 0.15) is 6.07 Å². The Labute approximate surface area is 98.6 Å². The van der Waals surface area contributed by atoms with E-state index in [0.29, 0.717) is 12.1 Å². The van der Waals surface area contributed by atoms with E-state index in [9.17, 15) is 4.79 Å². The van der Waals surface area contributed by atoms with Crippen LogP contribution in [-0.4, -0.2) is 12.1 Å². The summed E-state index contributed by atoms with van der Waals surface area (Å²) in [4.78, 5) is 11.6. The highest BCUT2D eigenvalue weighted by Gasteiger charge is 2.16. The van der Waals surface area contributed by atoms with Gasteiger partial charge in [-0.1, -0.05) is 18.5 Å². The number of hydrogen-bond acceptors (Lipinski definition) is 4. The van der Waals surface area contributed by atoms with Gasteiger partial charge in [-0.3, -0.25) is 0 Å². The van der Waals surface area contributed by atoms with Crippen LogP contribution in [0.5, 0.6) is 0 Å². The van der Waals surface area contributed by atoms with Crippen molar-refractivity contribution in [2.75, 3.05) is 5.73 Å². The van der Waals surface area contributed by atoms with Gasteiger partial charge in [0.05, 0.1) is 10.6 Å². The van der Waals surface area contributed by atoms with Gasteiger partial charge in [-0.25, -0.2) is 4.79 Å². The third-order valence-electron chi connectivity index (χ3n) is 1.97. The quantitative estimate of drug-likeness (QED) is 0.648. The maximum absolute atomic E-state index is 11.6. The van der Waals surface area contributed by atoms with Gasteiger partial charge in [0.15, 0.2) is 6.10 Å². The zero-order chi connectivity index (χ0) is 12.1. The second kappa shape index (κ2) is 5.38. The molecule has 1 atom stereocenters. The zero-order valence-electron chi connectivity index (χ0n) is 8.74.